The molecule has 0 saturated heterocycles. The molecule has 1 amide bonds. The van der Waals surface area contributed by atoms with Crippen molar-refractivity contribution in [3.8, 4) is 6.07 Å². The molecule has 0 spiro atoms. The molecule has 0 radical (unpaired) electrons. The Morgan fingerprint density at radius 3 is 2.63 bits per heavy atom. The fourth-order valence-electron chi connectivity index (χ4n) is 1.55. The lowest BCUT2D eigenvalue weighted by atomic mass is 10.1. The Kier molecular flexibility index (Phi) is 3.53. The van der Waals surface area contributed by atoms with Crippen LogP contribution in [0.2, 0.25) is 0 Å². The first-order valence-corrected chi connectivity index (χ1v) is 5.37. The first-order chi connectivity index (χ1) is 9.11. The molecule has 0 bridgehead atoms. The van der Waals surface area contributed by atoms with Crippen LogP contribution in [0.25, 0.3) is 0 Å². The molecule has 3 nitrogen and oxygen atoms in total. The van der Waals surface area contributed by atoms with Crippen LogP contribution in [-0.4, -0.2) is 5.91 Å². The minimum Gasteiger partial charge on any atom is -0.321 e. The monoisotopic (exact) mass is 258 g/mol. The Morgan fingerprint density at radius 2 is 1.89 bits per heavy atom. The molecule has 2 aromatic carbocycles. The van der Waals surface area contributed by atoms with Crippen molar-refractivity contribution in [1.29, 1.82) is 5.26 Å². The molecule has 2 aromatic rings. The summed E-state index contributed by atoms with van der Waals surface area (Å²) in [5.41, 5.74) is 0.0825. The van der Waals surface area contributed by atoms with Gasteiger partial charge in [0, 0.05) is 0 Å². The zero-order chi connectivity index (χ0) is 13.8. The van der Waals surface area contributed by atoms with Crippen molar-refractivity contribution in [2.24, 2.45) is 0 Å². The van der Waals surface area contributed by atoms with E-state index in [9.17, 15) is 13.6 Å². The van der Waals surface area contributed by atoms with Crippen LogP contribution in [0.15, 0.2) is 42.5 Å². The number of nitrogens with one attached hydrogen (secondary N) is 1. The minimum absolute atomic E-state index is 0.243. The Morgan fingerprint density at radius 1 is 1.16 bits per heavy atom. The third kappa shape index (κ3) is 2.75. The van der Waals surface area contributed by atoms with Gasteiger partial charge in [-0.05, 0) is 30.3 Å². The van der Waals surface area contributed by atoms with Gasteiger partial charge in [-0.25, -0.2) is 8.78 Å². The molecule has 19 heavy (non-hydrogen) atoms. The summed E-state index contributed by atoms with van der Waals surface area (Å²) >= 11 is 0. The van der Waals surface area contributed by atoms with Crippen molar-refractivity contribution in [2.75, 3.05) is 5.32 Å². The number of hydrogen-bond acceptors (Lipinski definition) is 2. The SMILES string of the molecule is N#Cc1ccccc1NC(=O)c1cc(F)ccc1F. The summed E-state index contributed by atoms with van der Waals surface area (Å²) < 4.78 is 26.4. The van der Waals surface area contributed by atoms with Crippen molar-refractivity contribution < 1.29 is 13.6 Å². The number of hydrogen-bond donors (Lipinski definition) is 1. The highest BCUT2D eigenvalue weighted by molar-refractivity contribution is 6.05. The molecular weight excluding hydrogens is 250 g/mol. The van der Waals surface area contributed by atoms with E-state index < -0.39 is 23.1 Å². The quantitative estimate of drug-likeness (QED) is 0.899. The maximum Gasteiger partial charge on any atom is 0.258 e. The minimum atomic E-state index is -0.826. The number of halogens is 2. The van der Waals surface area contributed by atoms with Crippen LogP contribution in [0, 0.1) is 23.0 Å². The number of nitriles is 1. The molecular formula is C14H8F2N2O. The van der Waals surface area contributed by atoms with Gasteiger partial charge in [-0.15, -0.1) is 0 Å². The first kappa shape index (κ1) is 12.7. The average molecular weight is 258 g/mol. The van der Waals surface area contributed by atoms with E-state index in [0.29, 0.717) is 0 Å². The molecule has 0 aliphatic heterocycles. The molecule has 94 valence electrons. The van der Waals surface area contributed by atoms with Gasteiger partial charge < -0.3 is 5.32 Å². The number of carbonyl (C=O) groups excluding carboxylic acids is 1. The lowest BCUT2D eigenvalue weighted by Gasteiger charge is -2.07. The van der Waals surface area contributed by atoms with E-state index in [4.69, 9.17) is 5.26 Å². The van der Waals surface area contributed by atoms with Crippen LogP contribution in [0.1, 0.15) is 15.9 Å². The predicted octanol–water partition coefficient (Wildman–Crippen LogP) is 3.09. The van der Waals surface area contributed by atoms with Crippen molar-refractivity contribution in [3.05, 3.63) is 65.2 Å². The highest BCUT2D eigenvalue weighted by atomic mass is 19.1. The summed E-state index contributed by atoms with van der Waals surface area (Å²) in [5, 5.41) is 11.2. The molecule has 0 saturated carbocycles. The lowest BCUT2D eigenvalue weighted by molar-refractivity contribution is 0.102. The molecule has 0 unspecified atom stereocenters. The van der Waals surface area contributed by atoms with Crippen LogP contribution in [0.4, 0.5) is 14.5 Å². The van der Waals surface area contributed by atoms with E-state index in [1.807, 2.05) is 6.07 Å². The molecule has 0 fully saturated rings. The Balaban J connectivity index is 2.31. The molecule has 5 heteroatoms. The summed E-state index contributed by atoms with van der Waals surface area (Å²) in [5.74, 6) is -2.34. The van der Waals surface area contributed by atoms with E-state index in [0.717, 1.165) is 18.2 Å². The molecule has 0 aromatic heterocycles. The third-order valence-corrected chi connectivity index (χ3v) is 2.47. The number of para-hydroxylation sites is 1. The van der Waals surface area contributed by atoms with E-state index in [1.54, 1.807) is 12.1 Å². The Bertz CT molecular complexity index is 677. The van der Waals surface area contributed by atoms with Crippen molar-refractivity contribution >= 4 is 11.6 Å². The van der Waals surface area contributed by atoms with Gasteiger partial charge in [0.1, 0.15) is 17.7 Å². The van der Waals surface area contributed by atoms with Gasteiger partial charge in [0.05, 0.1) is 16.8 Å². The van der Waals surface area contributed by atoms with Crippen LogP contribution >= 0.6 is 0 Å². The van der Waals surface area contributed by atoms with Crippen molar-refractivity contribution in [2.45, 2.75) is 0 Å². The van der Waals surface area contributed by atoms with Crippen molar-refractivity contribution in [3.63, 3.8) is 0 Å². The van der Waals surface area contributed by atoms with E-state index in [-0.39, 0.29) is 11.3 Å². The second-order valence-corrected chi connectivity index (χ2v) is 3.74. The summed E-state index contributed by atoms with van der Waals surface area (Å²) in [4.78, 5) is 11.8. The topological polar surface area (TPSA) is 52.9 Å². The number of rotatable bonds is 2. The van der Waals surface area contributed by atoms with Crippen LogP contribution < -0.4 is 5.32 Å². The maximum absolute atomic E-state index is 13.4. The summed E-state index contributed by atoms with van der Waals surface area (Å²) in [6, 6.07) is 10.8. The summed E-state index contributed by atoms with van der Waals surface area (Å²) in [6.07, 6.45) is 0. The first-order valence-electron chi connectivity index (χ1n) is 5.37. The highest BCUT2D eigenvalue weighted by Gasteiger charge is 2.14. The second-order valence-electron chi connectivity index (χ2n) is 3.74. The number of carbonyl (C=O) groups is 1. The van der Waals surface area contributed by atoms with Gasteiger partial charge in [0.25, 0.3) is 5.91 Å². The molecule has 0 atom stereocenters. The van der Waals surface area contributed by atoms with Gasteiger partial charge in [-0.1, -0.05) is 12.1 Å². The van der Waals surface area contributed by atoms with Crippen LogP contribution in [-0.2, 0) is 0 Å². The molecule has 0 aliphatic rings. The predicted molar refractivity (Wildman–Crippen MR) is 65.5 cm³/mol. The molecule has 0 aliphatic carbocycles. The van der Waals surface area contributed by atoms with Gasteiger partial charge in [-0.2, -0.15) is 5.26 Å². The van der Waals surface area contributed by atoms with Gasteiger partial charge in [0.2, 0.25) is 0 Å². The number of amides is 1. The fourth-order valence-corrected chi connectivity index (χ4v) is 1.55. The number of anilines is 1. The second kappa shape index (κ2) is 5.27. The number of nitrogens with zero attached hydrogens (tertiary/aromatic N) is 1. The zero-order valence-corrected chi connectivity index (χ0v) is 9.65. The zero-order valence-electron chi connectivity index (χ0n) is 9.65. The normalized spacial score (nSPS) is 9.74. The molecule has 2 rings (SSSR count). The smallest absolute Gasteiger partial charge is 0.258 e. The largest absolute Gasteiger partial charge is 0.321 e. The summed E-state index contributed by atoms with van der Waals surface area (Å²) in [6.45, 7) is 0. The van der Waals surface area contributed by atoms with E-state index >= 15 is 0 Å². The summed E-state index contributed by atoms with van der Waals surface area (Å²) in [7, 11) is 0. The molecule has 1 N–H and O–H groups in total. The maximum atomic E-state index is 13.4. The Hall–Kier alpha value is -2.74. The fraction of sp³-hybridized carbons (Fsp3) is 0. The number of benzene rings is 2. The van der Waals surface area contributed by atoms with Crippen molar-refractivity contribution in [1.82, 2.24) is 0 Å². The molecule has 0 heterocycles. The Labute approximate surface area is 108 Å². The van der Waals surface area contributed by atoms with E-state index in [1.165, 1.54) is 12.1 Å². The van der Waals surface area contributed by atoms with Crippen LogP contribution in [0.3, 0.4) is 0 Å². The van der Waals surface area contributed by atoms with Gasteiger partial charge in [0.15, 0.2) is 0 Å². The van der Waals surface area contributed by atoms with Crippen LogP contribution in [0.5, 0.6) is 0 Å². The lowest BCUT2D eigenvalue weighted by Crippen LogP contribution is -2.14. The van der Waals surface area contributed by atoms with Gasteiger partial charge in [-0.3, -0.25) is 4.79 Å². The third-order valence-electron chi connectivity index (χ3n) is 2.47. The standard InChI is InChI=1S/C14H8F2N2O/c15-10-5-6-12(16)11(7-10)14(19)18-13-4-2-1-3-9(13)8-17/h1-7H,(H,18,19). The highest BCUT2D eigenvalue weighted by Crippen LogP contribution is 2.16. The van der Waals surface area contributed by atoms with Gasteiger partial charge >= 0.3 is 0 Å². The van der Waals surface area contributed by atoms with E-state index in [2.05, 4.69) is 5.32 Å². The average Bonchev–Trinajstić information content (AvgIpc) is 2.42.